The Kier molecular flexibility index (Phi) is 5.84. The van der Waals surface area contributed by atoms with Crippen LogP contribution in [0.2, 0.25) is 0 Å². The van der Waals surface area contributed by atoms with Crippen molar-refractivity contribution in [3.05, 3.63) is 29.8 Å². The standard InChI is InChI=1S/C21H30N2O3/c1-14-5-4-6-15(2)23(14)20(24)13-26-19-11-9-18(10-12-19)21(25)22-16(3)17-7-8-17/h9-12,14-17H,4-8,13H2,1-3H3,(H,22,25). The molecule has 3 rings (SSSR count). The number of piperidine rings is 1. The van der Waals surface area contributed by atoms with Crippen LogP contribution in [-0.2, 0) is 4.79 Å². The Hall–Kier alpha value is -2.04. The molecule has 5 nitrogen and oxygen atoms in total. The molecule has 1 aliphatic heterocycles. The van der Waals surface area contributed by atoms with Gasteiger partial charge in [-0.3, -0.25) is 9.59 Å². The molecule has 0 bridgehead atoms. The number of carbonyl (C=O) groups excluding carboxylic acids is 2. The Morgan fingerprint density at radius 2 is 1.73 bits per heavy atom. The zero-order valence-corrected chi connectivity index (χ0v) is 16.0. The van der Waals surface area contributed by atoms with Crippen LogP contribution >= 0.6 is 0 Å². The smallest absolute Gasteiger partial charge is 0.260 e. The molecule has 26 heavy (non-hydrogen) atoms. The third-order valence-corrected chi connectivity index (χ3v) is 5.65. The van der Waals surface area contributed by atoms with Crippen LogP contribution in [0.15, 0.2) is 24.3 Å². The molecule has 1 aromatic carbocycles. The minimum Gasteiger partial charge on any atom is -0.484 e. The average Bonchev–Trinajstić information content (AvgIpc) is 3.45. The van der Waals surface area contributed by atoms with Gasteiger partial charge in [-0.1, -0.05) is 0 Å². The summed E-state index contributed by atoms with van der Waals surface area (Å²) in [5.74, 6) is 1.22. The van der Waals surface area contributed by atoms with E-state index in [1.807, 2.05) is 4.90 Å². The quantitative estimate of drug-likeness (QED) is 0.848. The van der Waals surface area contributed by atoms with E-state index in [0.717, 1.165) is 12.8 Å². The first kappa shape index (κ1) is 18.7. The molecule has 2 fully saturated rings. The topological polar surface area (TPSA) is 58.6 Å². The summed E-state index contributed by atoms with van der Waals surface area (Å²) in [6.45, 7) is 6.30. The molecule has 1 heterocycles. The molecule has 2 aliphatic rings. The first-order valence-corrected chi connectivity index (χ1v) is 9.80. The van der Waals surface area contributed by atoms with Crippen LogP contribution in [0.1, 0.15) is 63.2 Å². The van der Waals surface area contributed by atoms with E-state index < -0.39 is 0 Å². The maximum Gasteiger partial charge on any atom is 0.260 e. The van der Waals surface area contributed by atoms with E-state index in [1.54, 1.807) is 24.3 Å². The largest absolute Gasteiger partial charge is 0.484 e. The molecule has 2 amide bonds. The van der Waals surface area contributed by atoms with Gasteiger partial charge in [0, 0.05) is 23.7 Å². The van der Waals surface area contributed by atoms with E-state index in [1.165, 1.54) is 19.3 Å². The Bertz CT molecular complexity index is 629. The van der Waals surface area contributed by atoms with Crippen LogP contribution < -0.4 is 10.1 Å². The molecular weight excluding hydrogens is 328 g/mol. The average molecular weight is 358 g/mol. The van der Waals surface area contributed by atoms with Crippen LogP contribution in [0, 0.1) is 5.92 Å². The lowest BCUT2D eigenvalue weighted by Gasteiger charge is -2.38. The molecule has 1 saturated heterocycles. The van der Waals surface area contributed by atoms with Gasteiger partial charge < -0.3 is 15.0 Å². The van der Waals surface area contributed by atoms with Crippen LogP contribution in [0.3, 0.4) is 0 Å². The molecule has 3 atom stereocenters. The number of ether oxygens (including phenoxy) is 1. The lowest BCUT2D eigenvalue weighted by molar-refractivity contribution is -0.139. The molecule has 5 heteroatoms. The lowest BCUT2D eigenvalue weighted by atomic mass is 9.97. The van der Waals surface area contributed by atoms with Gasteiger partial charge in [0.15, 0.2) is 6.61 Å². The Morgan fingerprint density at radius 1 is 1.12 bits per heavy atom. The number of benzene rings is 1. The molecular formula is C21H30N2O3. The molecule has 1 N–H and O–H groups in total. The van der Waals surface area contributed by atoms with E-state index in [-0.39, 0.29) is 36.5 Å². The summed E-state index contributed by atoms with van der Waals surface area (Å²) in [6.07, 6.45) is 5.70. The molecule has 1 aliphatic carbocycles. The van der Waals surface area contributed by atoms with E-state index in [0.29, 0.717) is 17.2 Å². The molecule has 0 radical (unpaired) electrons. The SMILES string of the molecule is CC(NC(=O)c1ccc(OCC(=O)N2C(C)CCCC2C)cc1)C1CC1. The fraction of sp³-hybridized carbons (Fsp3) is 0.619. The van der Waals surface area contributed by atoms with Crippen molar-refractivity contribution in [2.75, 3.05) is 6.61 Å². The van der Waals surface area contributed by atoms with Gasteiger partial charge in [0.25, 0.3) is 11.8 Å². The molecule has 1 saturated carbocycles. The highest BCUT2D eigenvalue weighted by Crippen LogP contribution is 2.32. The number of nitrogens with one attached hydrogen (secondary N) is 1. The summed E-state index contributed by atoms with van der Waals surface area (Å²) in [7, 11) is 0. The third kappa shape index (κ3) is 4.57. The molecule has 1 aromatic rings. The van der Waals surface area contributed by atoms with E-state index in [4.69, 9.17) is 4.74 Å². The zero-order chi connectivity index (χ0) is 18.7. The summed E-state index contributed by atoms with van der Waals surface area (Å²) in [5, 5.41) is 3.04. The highest BCUT2D eigenvalue weighted by atomic mass is 16.5. The summed E-state index contributed by atoms with van der Waals surface area (Å²) >= 11 is 0. The van der Waals surface area contributed by atoms with Gasteiger partial charge in [0.05, 0.1) is 0 Å². The molecule has 0 spiro atoms. The van der Waals surface area contributed by atoms with Gasteiger partial charge in [-0.15, -0.1) is 0 Å². The predicted molar refractivity (Wildman–Crippen MR) is 101 cm³/mol. The maximum absolute atomic E-state index is 12.5. The van der Waals surface area contributed by atoms with E-state index in [2.05, 4.69) is 26.1 Å². The van der Waals surface area contributed by atoms with Gasteiger partial charge in [-0.05, 0) is 83.1 Å². The van der Waals surface area contributed by atoms with Crippen molar-refractivity contribution in [3.63, 3.8) is 0 Å². The second kappa shape index (κ2) is 8.11. The van der Waals surface area contributed by atoms with Crippen LogP contribution in [0.4, 0.5) is 0 Å². The second-order valence-corrected chi connectivity index (χ2v) is 7.84. The van der Waals surface area contributed by atoms with Crippen LogP contribution in [0.25, 0.3) is 0 Å². The number of hydrogen-bond donors (Lipinski definition) is 1. The summed E-state index contributed by atoms with van der Waals surface area (Å²) in [4.78, 5) is 26.7. The van der Waals surface area contributed by atoms with Crippen molar-refractivity contribution < 1.29 is 14.3 Å². The van der Waals surface area contributed by atoms with Gasteiger partial charge in [-0.25, -0.2) is 0 Å². The molecule has 3 unspecified atom stereocenters. The number of rotatable bonds is 6. The normalized spacial score (nSPS) is 24.0. The monoisotopic (exact) mass is 358 g/mol. The van der Waals surface area contributed by atoms with Crippen molar-refractivity contribution in [2.24, 2.45) is 5.92 Å². The van der Waals surface area contributed by atoms with Gasteiger partial charge in [-0.2, -0.15) is 0 Å². The van der Waals surface area contributed by atoms with Crippen molar-refractivity contribution in [3.8, 4) is 5.75 Å². The van der Waals surface area contributed by atoms with Crippen LogP contribution in [-0.4, -0.2) is 41.4 Å². The minimum atomic E-state index is -0.0528. The maximum atomic E-state index is 12.5. The summed E-state index contributed by atoms with van der Waals surface area (Å²) in [6, 6.07) is 7.79. The van der Waals surface area contributed by atoms with Gasteiger partial charge >= 0.3 is 0 Å². The Balaban J connectivity index is 1.50. The van der Waals surface area contributed by atoms with Gasteiger partial charge in [0.1, 0.15) is 5.75 Å². The lowest BCUT2D eigenvalue weighted by Crippen LogP contribution is -2.49. The number of likely N-dealkylation sites (tertiary alicyclic amines) is 1. The minimum absolute atomic E-state index is 0.0322. The van der Waals surface area contributed by atoms with Crippen molar-refractivity contribution >= 4 is 11.8 Å². The van der Waals surface area contributed by atoms with E-state index in [9.17, 15) is 9.59 Å². The highest BCUT2D eigenvalue weighted by Gasteiger charge is 2.30. The summed E-state index contributed by atoms with van der Waals surface area (Å²) in [5.41, 5.74) is 0.620. The summed E-state index contributed by atoms with van der Waals surface area (Å²) < 4.78 is 5.66. The number of hydrogen-bond acceptors (Lipinski definition) is 3. The number of nitrogens with zero attached hydrogens (tertiary/aromatic N) is 1. The number of amides is 2. The van der Waals surface area contributed by atoms with Crippen molar-refractivity contribution in [1.29, 1.82) is 0 Å². The Labute approximate surface area is 156 Å². The van der Waals surface area contributed by atoms with Crippen molar-refractivity contribution in [2.45, 2.75) is 71.0 Å². The first-order valence-electron chi connectivity index (χ1n) is 9.80. The van der Waals surface area contributed by atoms with Crippen LogP contribution in [0.5, 0.6) is 5.75 Å². The number of carbonyl (C=O) groups is 2. The van der Waals surface area contributed by atoms with E-state index >= 15 is 0 Å². The predicted octanol–water partition coefficient (Wildman–Crippen LogP) is 3.38. The van der Waals surface area contributed by atoms with Crippen molar-refractivity contribution in [1.82, 2.24) is 10.2 Å². The van der Waals surface area contributed by atoms with Gasteiger partial charge in [0.2, 0.25) is 0 Å². The fourth-order valence-corrected chi connectivity index (χ4v) is 3.84. The molecule has 142 valence electrons. The fourth-order valence-electron chi connectivity index (χ4n) is 3.84. The third-order valence-electron chi connectivity index (χ3n) is 5.65. The zero-order valence-electron chi connectivity index (χ0n) is 16.0. The Morgan fingerprint density at radius 3 is 2.31 bits per heavy atom. The first-order chi connectivity index (χ1) is 12.5. The molecule has 0 aromatic heterocycles. The second-order valence-electron chi connectivity index (χ2n) is 7.84. The highest BCUT2D eigenvalue weighted by molar-refractivity contribution is 5.94.